The van der Waals surface area contributed by atoms with Gasteiger partial charge in [0.15, 0.2) is 18.7 Å². The van der Waals surface area contributed by atoms with Crippen molar-refractivity contribution in [3.63, 3.8) is 0 Å². The van der Waals surface area contributed by atoms with E-state index in [1.54, 1.807) is 0 Å². The first kappa shape index (κ1) is 61.6. The maximum absolute atomic E-state index is 13.0. The smallest absolute Gasteiger partial charge is 0.306 e. The largest absolute Gasteiger partial charge is 0.462 e. The first-order chi connectivity index (χ1) is 33.0. The standard InChI is InChI=1S/C53H92O15/c1-3-5-7-9-11-13-15-17-19-20-22-24-26-28-30-32-34-36-45(56)66-41(38-63-44(55)35-33-31-29-27-25-23-21-18-16-14-12-10-8-6-4-2)39-64-52-51(62)49(60)47(58)43(68-52)40-65-53-50(61)48(59)46(57)42(37-54)67-53/h11,13,17-19,21,25,27,41-43,46-54,57-62H,3-10,12,14-16,20,22-24,26,28-40H2,1-2H3/b13-11+,19-17+,21-18+,27-25+/t41-,42+,43+,46-,47-,48?,49?,50?,51?,52+,53+/m1/s1. The van der Waals surface area contributed by atoms with Crippen LogP contribution in [0.25, 0.3) is 0 Å². The molecule has 2 heterocycles. The summed E-state index contributed by atoms with van der Waals surface area (Å²) in [5, 5.41) is 72.1. The average molecular weight is 969 g/mol. The van der Waals surface area contributed by atoms with Crippen molar-refractivity contribution >= 4 is 11.9 Å². The third-order valence-electron chi connectivity index (χ3n) is 12.3. The van der Waals surface area contributed by atoms with E-state index < -0.39 is 99.3 Å². The van der Waals surface area contributed by atoms with Crippen molar-refractivity contribution in [3.8, 4) is 0 Å². The Morgan fingerprint density at radius 3 is 1.43 bits per heavy atom. The second-order valence-electron chi connectivity index (χ2n) is 18.3. The van der Waals surface area contributed by atoms with Gasteiger partial charge in [0, 0.05) is 12.8 Å². The van der Waals surface area contributed by atoms with Gasteiger partial charge in [-0.3, -0.25) is 9.59 Å². The number of ether oxygens (including phenoxy) is 6. The lowest BCUT2D eigenvalue weighted by atomic mass is 9.98. The molecule has 68 heavy (non-hydrogen) atoms. The van der Waals surface area contributed by atoms with Gasteiger partial charge < -0.3 is 64.2 Å². The molecule has 2 rings (SSSR count). The fraction of sp³-hybridized carbons (Fsp3) is 0.811. The minimum atomic E-state index is -1.77. The van der Waals surface area contributed by atoms with Crippen LogP contribution in [0.15, 0.2) is 48.6 Å². The number of unbranched alkanes of at least 4 members (excludes halogenated alkanes) is 18. The molecule has 0 spiro atoms. The van der Waals surface area contributed by atoms with E-state index in [1.807, 2.05) is 0 Å². The third-order valence-corrected chi connectivity index (χ3v) is 12.3. The molecule has 0 aliphatic carbocycles. The number of rotatable bonds is 40. The van der Waals surface area contributed by atoms with Crippen LogP contribution in [0.3, 0.4) is 0 Å². The molecule has 0 aromatic rings. The number of esters is 2. The molecule has 394 valence electrons. The number of hydrogen-bond acceptors (Lipinski definition) is 15. The normalized spacial score (nSPS) is 26.1. The molecule has 0 aromatic carbocycles. The van der Waals surface area contributed by atoms with Crippen molar-refractivity contribution in [2.24, 2.45) is 0 Å². The Morgan fingerprint density at radius 1 is 0.471 bits per heavy atom. The fourth-order valence-electron chi connectivity index (χ4n) is 7.92. The van der Waals surface area contributed by atoms with E-state index in [9.17, 15) is 45.3 Å². The number of carbonyl (C=O) groups is 2. The molecule has 0 amide bonds. The summed E-state index contributed by atoms with van der Waals surface area (Å²) in [7, 11) is 0. The third kappa shape index (κ3) is 27.7. The summed E-state index contributed by atoms with van der Waals surface area (Å²) in [6.07, 6.45) is 27.1. The van der Waals surface area contributed by atoms with Crippen molar-refractivity contribution in [2.45, 2.75) is 248 Å². The van der Waals surface area contributed by atoms with Crippen molar-refractivity contribution in [1.82, 2.24) is 0 Å². The van der Waals surface area contributed by atoms with Gasteiger partial charge in [0.05, 0.1) is 19.8 Å². The molecular formula is C53H92O15. The van der Waals surface area contributed by atoms with E-state index in [-0.39, 0.29) is 19.4 Å². The second kappa shape index (κ2) is 40.1. The van der Waals surface area contributed by atoms with E-state index in [2.05, 4.69) is 62.5 Å². The first-order valence-electron chi connectivity index (χ1n) is 26.2. The van der Waals surface area contributed by atoms with Gasteiger partial charge in [0.25, 0.3) is 0 Å². The van der Waals surface area contributed by atoms with Crippen LogP contribution < -0.4 is 0 Å². The predicted octanol–water partition coefficient (Wildman–Crippen LogP) is 7.49. The molecule has 2 saturated heterocycles. The van der Waals surface area contributed by atoms with Gasteiger partial charge in [-0.2, -0.15) is 0 Å². The summed E-state index contributed by atoms with van der Waals surface area (Å²) in [5.74, 6) is -0.973. The summed E-state index contributed by atoms with van der Waals surface area (Å²) >= 11 is 0. The van der Waals surface area contributed by atoms with Crippen LogP contribution in [0.2, 0.25) is 0 Å². The Labute approximate surface area is 408 Å². The van der Waals surface area contributed by atoms with E-state index in [0.717, 1.165) is 83.5 Å². The van der Waals surface area contributed by atoms with Crippen molar-refractivity contribution in [3.05, 3.63) is 48.6 Å². The summed E-state index contributed by atoms with van der Waals surface area (Å²) in [4.78, 5) is 25.8. The zero-order valence-corrected chi connectivity index (χ0v) is 41.6. The Kier molecular flexibility index (Phi) is 36.3. The van der Waals surface area contributed by atoms with Gasteiger partial charge in [0.1, 0.15) is 55.4 Å². The molecule has 7 N–H and O–H groups in total. The van der Waals surface area contributed by atoms with Gasteiger partial charge in [-0.1, -0.05) is 140 Å². The monoisotopic (exact) mass is 969 g/mol. The van der Waals surface area contributed by atoms with E-state index in [1.165, 1.54) is 57.8 Å². The molecule has 4 unspecified atom stereocenters. The van der Waals surface area contributed by atoms with Crippen LogP contribution >= 0.6 is 0 Å². The zero-order valence-electron chi connectivity index (χ0n) is 41.6. The zero-order chi connectivity index (χ0) is 49.6. The summed E-state index contributed by atoms with van der Waals surface area (Å²) in [6, 6.07) is 0. The molecule has 2 aliphatic heterocycles. The van der Waals surface area contributed by atoms with Crippen molar-refractivity contribution in [1.29, 1.82) is 0 Å². The quantitative estimate of drug-likeness (QED) is 0.0179. The molecule has 15 nitrogen and oxygen atoms in total. The van der Waals surface area contributed by atoms with Crippen LogP contribution in [0.1, 0.15) is 181 Å². The van der Waals surface area contributed by atoms with Crippen LogP contribution in [-0.2, 0) is 38.0 Å². The van der Waals surface area contributed by atoms with Crippen molar-refractivity contribution < 1.29 is 73.8 Å². The van der Waals surface area contributed by atoms with Crippen molar-refractivity contribution in [2.75, 3.05) is 26.4 Å². The highest BCUT2D eigenvalue weighted by Gasteiger charge is 2.47. The molecular weight excluding hydrogens is 877 g/mol. The maximum atomic E-state index is 13.0. The predicted molar refractivity (Wildman–Crippen MR) is 261 cm³/mol. The lowest BCUT2D eigenvalue weighted by molar-refractivity contribution is -0.332. The molecule has 0 saturated carbocycles. The number of aliphatic hydroxyl groups is 7. The lowest BCUT2D eigenvalue weighted by Crippen LogP contribution is -2.61. The topological polar surface area (TPSA) is 231 Å². The van der Waals surface area contributed by atoms with Crippen LogP contribution in [-0.4, -0.2) is 142 Å². The highest BCUT2D eigenvalue weighted by molar-refractivity contribution is 5.70. The Morgan fingerprint density at radius 2 is 0.882 bits per heavy atom. The van der Waals surface area contributed by atoms with E-state index in [0.29, 0.717) is 12.8 Å². The highest BCUT2D eigenvalue weighted by Crippen LogP contribution is 2.26. The Balaban J connectivity index is 1.82. The number of hydrogen-bond donors (Lipinski definition) is 7. The number of carbonyl (C=O) groups excluding carboxylic acids is 2. The minimum Gasteiger partial charge on any atom is -0.462 e. The van der Waals surface area contributed by atoms with Crippen LogP contribution in [0, 0.1) is 0 Å². The molecule has 0 bridgehead atoms. The molecule has 15 heteroatoms. The average Bonchev–Trinajstić information content (AvgIpc) is 3.33. The molecule has 11 atom stereocenters. The van der Waals surface area contributed by atoms with Crippen LogP contribution in [0.4, 0.5) is 0 Å². The maximum Gasteiger partial charge on any atom is 0.306 e. The first-order valence-corrected chi connectivity index (χ1v) is 26.2. The lowest BCUT2D eigenvalue weighted by Gasteiger charge is -2.42. The van der Waals surface area contributed by atoms with Crippen LogP contribution in [0.5, 0.6) is 0 Å². The Bertz CT molecular complexity index is 1370. The van der Waals surface area contributed by atoms with Gasteiger partial charge in [-0.15, -0.1) is 0 Å². The van der Waals surface area contributed by atoms with Gasteiger partial charge >= 0.3 is 11.9 Å². The number of aliphatic hydroxyl groups excluding tert-OH is 7. The van der Waals surface area contributed by atoms with Gasteiger partial charge in [-0.25, -0.2) is 0 Å². The highest BCUT2D eigenvalue weighted by atomic mass is 16.7. The fourth-order valence-corrected chi connectivity index (χ4v) is 7.92. The van der Waals surface area contributed by atoms with E-state index in [4.69, 9.17) is 28.4 Å². The van der Waals surface area contributed by atoms with E-state index >= 15 is 0 Å². The summed E-state index contributed by atoms with van der Waals surface area (Å²) < 4.78 is 33.5. The molecule has 0 aromatic heterocycles. The SMILES string of the molecule is CCCCC/C=C/C/C=C/CCCCCCCCCC(=O)O[C@H](COC(=O)CCCC/C=C/C/C=C/CCCCCCCC)CO[C@H]1O[C@@H](CO[C@H]2O[C@@H](CO)[C@@H](O)C(O)C2O)[C@@H](O)C(O)C1O. The second-order valence-corrected chi connectivity index (χ2v) is 18.3. The summed E-state index contributed by atoms with van der Waals surface area (Å²) in [6.45, 7) is 2.51. The Hall–Kier alpha value is -2.54. The van der Waals surface area contributed by atoms with Gasteiger partial charge in [-0.05, 0) is 77.0 Å². The minimum absolute atomic E-state index is 0.148. The number of allylic oxidation sites excluding steroid dienone is 8. The molecule has 0 radical (unpaired) electrons. The molecule has 2 aliphatic rings. The molecule has 2 fully saturated rings. The van der Waals surface area contributed by atoms with Gasteiger partial charge in [0.2, 0.25) is 0 Å². The summed E-state index contributed by atoms with van der Waals surface area (Å²) in [5.41, 5.74) is 0.